The van der Waals surface area contributed by atoms with E-state index in [4.69, 9.17) is 0 Å². The van der Waals surface area contributed by atoms with Crippen LogP contribution in [0.2, 0.25) is 0 Å². The van der Waals surface area contributed by atoms with E-state index >= 15 is 0 Å². The fraction of sp³-hybridized carbons (Fsp3) is 0.154. The molecule has 0 amide bonds. The van der Waals surface area contributed by atoms with Gasteiger partial charge in [0.05, 0.1) is 0 Å². The van der Waals surface area contributed by atoms with Crippen LogP contribution in [0.25, 0.3) is 0 Å². The predicted molar refractivity (Wildman–Crippen MR) is 64.8 cm³/mol. The van der Waals surface area contributed by atoms with Crippen LogP contribution in [-0.2, 0) is 32.7 Å². The number of hydrazone groups is 1. The molecule has 18 heavy (non-hydrogen) atoms. The average molecular weight is 313 g/mol. The van der Waals surface area contributed by atoms with Crippen LogP contribution in [0, 0.1) is 6.04 Å². The fourth-order valence-corrected chi connectivity index (χ4v) is 2.62. The molecule has 4 nitrogen and oxygen atoms in total. The minimum absolute atomic E-state index is 0. The van der Waals surface area contributed by atoms with Crippen LogP contribution in [0.1, 0.15) is 6.92 Å². The SMILES string of the molecule is C[C-]1[C@H]2N3C=CC=CC3=NN2c2cccc[n+]21.[Y]. The molecule has 0 saturated heterocycles. The van der Waals surface area contributed by atoms with E-state index in [9.17, 15) is 0 Å². The second-order valence-corrected chi connectivity index (χ2v) is 4.35. The van der Waals surface area contributed by atoms with Gasteiger partial charge in [0, 0.05) is 45.0 Å². The molecule has 0 aliphatic carbocycles. The van der Waals surface area contributed by atoms with Crippen molar-refractivity contribution in [1.82, 2.24) is 4.90 Å². The molecule has 0 saturated carbocycles. The summed E-state index contributed by atoms with van der Waals surface area (Å²) < 4.78 is 2.19. The maximum absolute atomic E-state index is 4.66. The Balaban J connectivity index is 0.000001000. The van der Waals surface area contributed by atoms with Gasteiger partial charge in [0.2, 0.25) is 12.0 Å². The Labute approximate surface area is 131 Å². The minimum atomic E-state index is 0. The van der Waals surface area contributed by atoms with Gasteiger partial charge in [0.15, 0.2) is 5.84 Å². The van der Waals surface area contributed by atoms with E-state index in [2.05, 4.69) is 45.0 Å². The van der Waals surface area contributed by atoms with E-state index in [0.717, 1.165) is 11.7 Å². The van der Waals surface area contributed by atoms with E-state index in [1.165, 1.54) is 6.04 Å². The Hall–Kier alpha value is -1.13. The van der Waals surface area contributed by atoms with E-state index < -0.39 is 0 Å². The number of nitrogens with zero attached hydrogens (tertiary/aromatic N) is 4. The van der Waals surface area contributed by atoms with Gasteiger partial charge in [-0.25, -0.2) is 0 Å². The van der Waals surface area contributed by atoms with Gasteiger partial charge in [0.1, 0.15) is 0 Å². The molecule has 0 bridgehead atoms. The number of hydrogen-bond donors (Lipinski definition) is 0. The molecule has 1 aromatic rings. The second-order valence-electron chi connectivity index (χ2n) is 4.35. The second kappa shape index (κ2) is 4.21. The minimum Gasteiger partial charge on any atom is -0.359 e. The largest absolute Gasteiger partial charge is 0.359 e. The Morgan fingerprint density at radius 2 is 2.22 bits per heavy atom. The first-order chi connectivity index (χ1) is 8.36. The maximum atomic E-state index is 4.66. The number of amidine groups is 1. The average Bonchev–Trinajstić information content (AvgIpc) is 2.88. The number of allylic oxidation sites excluding steroid dienone is 2. The molecule has 0 aromatic carbocycles. The molecule has 4 rings (SSSR count). The van der Waals surface area contributed by atoms with E-state index in [0.29, 0.717) is 0 Å². The first-order valence-electron chi connectivity index (χ1n) is 5.72. The zero-order valence-electron chi connectivity index (χ0n) is 10.1. The van der Waals surface area contributed by atoms with Gasteiger partial charge in [-0.1, -0.05) is 23.3 Å². The summed E-state index contributed by atoms with van der Waals surface area (Å²) in [6, 6.07) is 7.47. The molecule has 3 aliphatic heterocycles. The molecule has 5 heteroatoms. The summed E-state index contributed by atoms with van der Waals surface area (Å²) in [4.78, 5) is 2.20. The van der Waals surface area contributed by atoms with Crippen molar-refractivity contribution in [2.75, 3.05) is 5.01 Å². The third kappa shape index (κ3) is 1.42. The van der Waals surface area contributed by atoms with Crippen molar-refractivity contribution in [3.63, 3.8) is 0 Å². The summed E-state index contributed by atoms with van der Waals surface area (Å²) in [5, 5.41) is 6.73. The van der Waals surface area contributed by atoms with Crippen molar-refractivity contribution >= 4 is 11.7 Å². The van der Waals surface area contributed by atoms with Crippen molar-refractivity contribution in [3.8, 4) is 0 Å². The molecule has 0 unspecified atom stereocenters. The topological polar surface area (TPSA) is 22.7 Å². The summed E-state index contributed by atoms with van der Waals surface area (Å²) in [5.41, 5.74) is 0. The van der Waals surface area contributed by atoms with Gasteiger partial charge in [-0.2, -0.15) is 5.01 Å². The molecule has 1 aromatic heterocycles. The van der Waals surface area contributed by atoms with Crippen molar-refractivity contribution in [3.05, 3.63) is 54.9 Å². The van der Waals surface area contributed by atoms with Gasteiger partial charge in [-0.05, 0) is 31.3 Å². The number of anilines is 1. The van der Waals surface area contributed by atoms with Crippen LogP contribution in [0.4, 0.5) is 5.82 Å². The Morgan fingerprint density at radius 3 is 3.11 bits per heavy atom. The van der Waals surface area contributed by atoms with Gasteiger partial charge in [0.25, 0.3) is 0 Å². The van der Waals surface area contributed by atoms with Crippen molar-refractivity contribution in [1.29, 1.82) is 0 Å². The molecule has 87 valence electrons. The Morgan fingerprint density at radius 1 is 1.33 bits per heavy atom. The molecular weight excluding hydrogens is 301 g/mol. The monoisotopic (exact) mass is 313 g/mol. The third-order valence-corrected chi connectivity index (χ3v) is 3.40. The smallest absolute Gasteiger partial charge is 0.203 e. The number of pyridine rings is 1. The van der Waals surface area contributed by atoms with Gasteiger partial charge in [-0.15, -0.1) is 0 Å². The molecule has 0 N–H and O–H groups in total. The van der Waals surface area contributed by atoms with Crippen molar-refractivity contribution in [2.45, 2.75) is 13.1 Å². The zero-order valence-corrected chi connectivity index (χ0v) is 12.9. The first kappa shape index (κ1) is 11.9. The van der Waals surface area contributed by atoms with E-state index in [1.54, 1.807) is 0 Å². The first-order valence-corrected chi connectivity index (χ1v) is 5.72. The molecule has 4 heterocycles. The van der Waals surface area contributed by atoms with E-state index in [1.807, 2.05) is 30.4 Å². The zero-order chi connectivity index (χ0) is 11.4. The van der Waals surface area contributed by atoms with Crippen LogP contribution in [0.3, 0.4) is 0 Å². The number of hydrogen-bond acceptors (Lipinski definition) is 3. The predicted octanol–water partition coefficient (Wildman–Crippen LogP) is 1.23. The summed E-state index contributed by atoms with van der Waals surface area (Å²) in [7, 11) is 0. The van der Waals surface area contributed by atoms with Crippen LogP contribution in [0.5, 0.6) is 0 Å². The number of aromatic nitrogens is 1. The maximum Gasteiger partial charge on any atom is 0.203 e. The van der Waals surface area contributed by atoms with Crippen molar-refractivity contribution in [2.24, 2.45) is 5.10 Å². The Bertz CT molecular complexity index is 578. The third-order valence-electron chi connectivity index (χ3n) is 3.40. The van der Waals surface area contributed by atoms with Gasteiger partial charge < -0.3 is 4.57 Å². The summed E-state index contributed by atoms with van der Waals surface area (Å²) in [5.74, 6) is 2.13. The van der Waals surface area contributed by atoms with Crippen LogP contribution >= 0.6 is 0 Å². The van der Waals surface area contributed by atoms with Crippen LogP contribution < -0.4 is 9.58 Å². The summed E-state index contributed by atoms with van der Waals surface area (Å²) in [6.45, 7) is 2.15. The molecule has 0 fully saturated rings. The number of fused-ring (bicyclic) bond motifs is 5. The normalized spacial score (nSPS) is 22.4. The summed E-state index contributed by atoms with van der Waals surface area (Å²) in [6.07, 6.45) is 10.5. The van der Waals surface area contributed by atoms with Gasteiger partial charge in [-0.3, -0.25) is 4.90 Å². The van der Waals surface area contributed by atoms with Crippen LogP contribution in [0.15, 0.2) is 53.9 Å². The standard InChI is InChI=1S/C13H12N4.Y/c1-10-13-16-9-4-2-6-11(16)14-17(13)12-7-3-5-8-15(10)12;/h2-9,13H,1H3;/t13-;/m0./s1. The number of rotatable bonds is 0. The van der Waals surface area contributed by atoms with Crippen LogP contribution in [-0.4, -0.2) is 16.9 Å². The quantitative estimate of drug-likeness (QED) is 0.531. The molecule has 3 aliphatic rings. The van der Waals surface area contributed by atoms with E-state index in [-0.39, 0.29) is 38.9 Å². The van der Waals surface area contributed by atoms with Crippen molar-refractivity contribution < 1.29 is 37.3 Å². The molecular formula is C13H12N4Y. The Kier molecular flexibility index (Phi) is 2.79. The molecule has 1 radical (unpaired) electrons. The molecule has 1 atom stereocenters. The fourth-order valence-electron chi connectivity index (χ4n) is 2.62. The molecule has 0 spiro atoms. The van der Waals surface area contributed by atoms with Gasteiger partial charge >= 0.3 is 0 Å². The summed E-state index contributed by atoms with van der Waals surface area (Å²) >= 11 is 0.